The summed E-state index contributed by atoms with van der Waals surface area (Å²) in [5.41, 5.74) is 3.08. The highest BCUT2D eigenvalue weighted by atomic mass is 127. The molecule has 0 bridgehead atoms. The first-order valence-corrected chi connectivity index (χ1v) is 9.01. The van der Waals surface area contributed by atoms with Crippen LogP contribution in [-0.4, -0.2) is 55.2 Å². The minimum atomic E-state index is 0. The van der Waals surface area contributed by atoms with Crippen molar-refractivity contribution >= 4 is 29.9 Å². The van der Waals surface area contributed by atoms with Gasteiger partial charge in [0.05, 0.1) is 19.3 Å². The van der Waals surface area contributed by atoms with Gasteiger partial charge in [-0.05, 0) is 41.5 Å². The predicted molar refractivity (Wildman–Crippen MR) is 121 cm³/mol. The zero-order chi connectivity index (χ0) is 19.0. The van der Waals surface area contributed by atoms with E-state index in [2.05, 4.69) is 53.2 Å². The third-order valence-electron chi connectivity index (χ3n) is 4.39. The van der Waals surface area contributed by atoms with E-state index in [-0.39, 0.29) is 24.0 Å². The van der Waals surface area contributed by atoms with E-state index in [0.29, 0.717) is 18.6 Å². The minimum Gasteiger partial charge on any atom is -0.496 e. The summed E-state index contributed by atoms with van der Waals surface area (Å²) in [5.74, 6) is 1.69. The van der Waals surface area contributed by atoms with Crippen molar-refractivity contribution in [3.8, 4) is 5.75 Å². The lowest BCUT2D eigenvalue weighted by atomic mass is 10.1. The SMILES string of the molecule is CN=C(NCCN(C(C)C)C(C)C)NCc1ncc(C)c(OC)c1C.I. The van der Waals surface area contributed by atoms with Gasteiger partial charge in [0.25, 0.3) is 0 Å². The fourth-order valence-corrected chi connectivity index (χ4v) is 3.05. The Labute approximate surface area is 176 Å². The molecule has 0 aromatic carbocycles. The molecule has 26 heavy (non-hydrogen) atoms. The molecular formula is C19H36IN5O. The van der Waals surface area contributed by atoms with Gasteiger partial charge in [-0.3, -0.25) is 14.9 Å². The molecule has 0 unspecified atom stereocenters. The van der Waals surface area contributed by atoms with E-state index in [9.17, 15) is 0 Å². The molecule has 0 saturated heterocycles. The Bertz CT molecular complexity index is 567. The molecule has 150 valence electrons. The molecule has 0 amide bonds. The van der Waals surface area contributed by atoms with Crippen molar-refractivity contribution in [2.24, 2.45) is 4.99 Å². The summed E-state index contributed by atoms with van der Waals surface area (Å²) in [7, 11) is 3.48. The van der Waals surface area contributed by atoms with Gasteiger partial charge in [-0.2, -0.15) is 0 Å². The van der Waals surface area contributed by atoms with Gasteiger partial charge in [-0.25, -0.2) is 0 Å². The summed E-state index contributed by atoms with van der Waals surface area (Å²) in [4.78, 5) is 11.3. The second-order valence-electron chi connectivity index (χ2n) is 6.82. The number of halogens is 1. The maximum absolute atomic E-state index is 5.47. The van der Waals surface area contributed by atoms with E-state index in [1.54, 1.807) is 14.2 Å². The topological polar surface area (TPSA) is 61.8 Å². The molecule has 0 aliphatic heterocycles. The van der Waals surface area contributed by atoms with Gasteiger partial charge in [0.15, 0.2) is 5.96 Å². The Hall–Kier alpha value is -1.09. The van der Waals surface area contributed by atoms with E-state index in [1.807, 2.05) is 20.0 Å². The summed E-state index contributed by atoms with van der Waals surface area (Å²) < 4.78 is 5.47. The molecule has 1 heterocycles. The van der Waals surface area contributed by atoms with Gasteiger partial charge in [-0.15, -0.1) is 24.0 Å². The molecule has 0 aliphatic rings. The van der Waals surface area contributed by atoms with Crippen LogP contribution in [0.25, 0.3) is 0 Å². The molecule has 7 heteroatoms. The van der Waals surface area contributed by atoms with Gasteiger partial charge in [0.2, 0.25) is 0 Å². The highest BCUT2D eigenvalue weighted by Crippen LogP contribution is 2.23. The number of pyridine rings is 1. The van der Waals surface area contributed by atoms with Crippen molar-refractivity contribution in [3.63, 3.8) is 0 Å². The number of aromatic nitrogens is 1. The molecule has 0 aliphatic carbocycles. The van der Waals surface area contributed by atoms with Crippen molar-refractivity contribution in [3.05, 3.63) is 23.0 Å². The summed E-state index contributed by atoms with van der Waals surface area (Å²) in [6.45, 7) is 15.4. The van der Waals surface area contributed by atoms with Crippen LogP contribution in [-0.2, 0) is 6.54 Å². The Kier molecular flexibility index (Phi) is 11.8. The number of rotatable bonds is 8. The van der Waals surface area contributed by atoms with Gasteiger partial charge in [0, 0.05) is 49.5 Å². The van der Waals surface area contributed by atoms with Crippen LogP contribution in [0.15, 0.2) is 11.2 Å². The first-order valence-electron chi connectivity index (χ1n) is 9.01. The molecule has 6 nitrogen and oxygen atoms in total. The number of methoxy groups -OCH3 is 1. The summed E-state index contributed by atoms with van der Waals surface area (Å²) in [6, 6.07) is 1.06. The molecule has 1 aromatic rings. The molecule has 0 fully saturated rings. The van der Waals surface area contributed by atoms with Crippen molar-refractivity contribution in [1.82, 2.24) is 20.5 Å². The number of hydrogen-bond acceptors (Lipinski definition) is 4. The van der Waals surface area contributed by atoms with Crippen molar-refractivity contribution < 1.29 is 4.74 Å². The predicted octanol–water partition coefficient (Wildman–Crippen LogP) is 3.11. The van der Waals surface area contributed by atoms with Gasteiger partial charge in [0.1, 0.15) is 5.75 Å². The fraction of sp³-hybridized carbons (Fsp3) is 0.684. The molecule has 0 saturated carbocycles. The average molecular weight is 477 g/mol. The summed E-state index contributed by atoms with van der Waals surface area (Å²) in [6.07, 6.45) is 1.85. The fourth-order valence-electron chi connectivity index (χ4n) is 3.05. The lowest BCUT2D eigenvalue weighted by molar-refractivity contribution is 0.178. The lowest BCUT2D eigenvalue weighted by Crippen LogP contribution is -2.45. The number of hydrogen-bond donors (Lipinski definition) is 2. The Morgan fingerprint density at radius 1 is 1.19 bits per heavy atom. The molecule has 1 rings (SSSR count). The van der Waals surface area contributed by atoms with Crippen LogP contribution < -0.4 is 15.4 Å². The maximum Gasteiger partial charge on any atom is 0.191 e. The van der Waals surface area contributed by atoms with Crippen molar-refractivity contribution in [2.45, 2.75) is 60.2 Å². The van der Waals surface area contributed by atoms with Crippen LogP contribution in [0.4, 0.5) is 0 Å². The van der Waals surface area contributed by atoms with E-state index in [4.69, 9.17) is 4.74 Å². The highest BCUT2D eigenvalue weighted by molar-refractivity contribution is 14.0. The number of ether oxygens (including phenoxy) is 1. The maximum atomic E-state index is 5.47. The molecule has 0 spiro atoms. The van der Waals surface area contributed by atoms with Gasteiger partial charge in [-0.1, -0.05) is 0 Å². The van der Waals surface area contributed by atoms with Crippen LogP contribution in [0, 0.1) is 13.8 Å². The molecule has 0 atom stereocenters. The van der Waals surface area contributed by atoms with Crippen LogP contribution in [0.2, 0.25) is 0 Å². The monoisotopic (exact) mass is 477 g/mol. The first kappa shape index (κ1) is 24.9. The second-order valence-corrected chi connectivity index (χ2v) is 6.82. The zero-order valence-corrected chi connectivity index (χ0v) is 19.8. The van der Waals surface area contributed by atoms with Crippen LogP contribution in [0.1, 0.15) is 44.5 Å². The number of aryl methyl sites for hydroxylation is 1. The zero-order valence-electron chi connectivity index (χ0n) is 17.5. The molecule has 0 radical (unpaired) electrons. The standard InChI is InChI=1S/C19H35N5O.HI/c1-13(2)24(14(3)4)10-9-21-19(20-7)23-12-17-16(6)18(25-8)15(5)11-22-17;/h11,13-14H,9-10,12H2,1-8H3,(H2,20,21,23);1H. The Morgan fingerprint density at radius 2 is 1.81 bits per heavy atom. The molecule has 2 N–H and O–H groups in total. The quantitative estimate of drug-likeness (QED) is 0.342. The number of aliphatic imine (C=N–C) groups is 1. The Balaban J connectivity index is 0.00000625. The summed E-state index contributed by atoms with van der Waals surface area (Å²) in [5, 5.41) is 6.71. The second kappa shape index (κ2) is 12.3. The van der Waals surface area contributed by atoms with E-state index < -0.39 is 0 Å². The Morgan fingerprint density at radius 3 is 2.31 bits per heavy atom. The largest absolute Gasteiger partial charge is 0.496 e. The smallest absolute Gasteiger partial charge is 0.191 e. The van der Waals surface area contributed by atoms with Crippen LogP contribution in [0.5, 0.6) is 5.75 Å². The van der Waals surface area contributed by atoms with Gasteiger partial charge < -0.3 is 15.4 Å². The lowest BCUT2D eigenvalue weighted by Gasteiger charge is -2.30. The van der Waals surface area contributed by atoms with E-state index >= 15 is 0 Å². The van der Waals surface area contributed by atoms with Gasteiger partial charge >= 0.3 is 0 Å². The average Bonchev–Trinajstić information content (AvgIpc) is 2.55. The normalized spacial score (nSPS) is 11.7. The third kappa shape index (κ3) is 7.26. The minimum absolute atomic E-state index is 0. The number of guanidine groups is 1. The molecular weight excluding hydrogens is 441 g/mol. The third-order valence-corrected chi connectivity index (χ3v) is 4.39. The first-order chi connectivity index (χ1) is 11.8. The van der Waals surface area contributed by atoms with E-state index in [1.165, 1.54) is 0 Å². The number of nitrogens with zero attached hydrogens (tertiary/aromatic N) is 3. The molecule has 1 aromatic heterocycles. The van der Waals surface area contributed by atoms with Crippen molar-refractivity contribution in [1.29, 1.82) is 0 Å². The summed E-state index contributed by atoms with van der Waals surface area (Å²) >= 11 is 0. The van der Waals surface area contributed by atoms with Crippen LogP contribution in [0.3, 0.4) is 0 Å². The number of nitrogens with one attached hydrogen (secondary N) is 2. The highest BCUT2D eigenvalue weighted by Gasteiger charge is 2.13. The van der Waals surface area contributed by atoms with E-state index in [0.717, 1.165) is 41.6 Å². The van der Waals surface area contributed by atoms with Crippen molar-refractivity contribution in [2.75, 3.05) is 27.2 Å². The van der Waals surface area contributed by atoms with Crippen LogP contribution >= 0.6 is 24.0 Å².